The maximum atomic E-state index is 12.7. The highest BCUT2D eigenvalue weighted by Crippen LogP contribution is 2.30. The second kappa shape index (κ2) is 13.0. The normalized spacial score (nSPS) is 37.8. The van der Waals surface area contributed by atoms with Gasteiger partial charge in [-0.15, -0.1) is 48.2 Å². The number of ether oxygens (including phenoxy) is 1. The molecule has 11 heteroatoms. The summed E-state index contributed by atoms with van der Waals surface area (Å²) >= 11 is 7.51. The number of carbonyl (C=O) groups is 1. The summed E-state index contributed by atoms with van der Waals surface area (Å²) in [6, 6.07) is -1.00. The van der Waals surface area contributed by atoms with Crippen molar-refractivity contribution >= 4 is 54.1 Å². The predicted molar refractivity (Wildman–Crippen MR) is 117 cm³/mol. The van der Waals surface area contributed by atoms with Crippen LogP contribution in [0.1, 0.15) is 33.1 Å². The number of thioether (sulfide) groups is 1. The van der Waals surface area contributed by atoms with Gasteiger partial charge >= 0.3 is 0 Å². The highest BCUT2D eigenvalue weighted by atomic mass is 35.5. The maximum Gasteiger partial charge on any atom is 0.237 e. The van der Waals surface area contributed by atoms with Gasteiger partial charge in [0.1, 0.15) is 29.9 Å². The second-order valence-electron chi connectivity index (χ2n) is 7.19. The largest absolute Gasteiger partial charge is 0.388 e. The molecule has 28 heavy (non-hydrogen) atoms. The number of aliphatic hydroxyl groups is 3. The third kappa shape index (κ3) is 6.75. The van der Waals surface area contributed by atoms with E-state index in [4.69, 9.17) is 16.3 Å². The van der Waals surface area contributed by atoms with Gasteiger partial charge in [0.05, 0.1) is 17.5 Å². The molecule has 7 nitrogen and oxygen atoms in total. The fraction of sp³-hybridized carbons (Fsp3) is 0.941. The van der Waals surface area contributed by atoms with Gasteiger partial charge in [0.2, 0.25) is 5.91 Å². The van der Waals surface area contributed by atoms with Gasteiger partial charge in [-0.05, 0) is 38.5 Å². The summed E-state index contributed by atoms with van der Waals surface area (Å²) in [6.07, 6.45) is -0.236. The quantitative estimate of drug-likeness (QED) is 0.357. The van der Waals surface area contributed by atoms with E-state index < -0.39 is 41.3 Å². The van der Waals surface area contributed by atoms with Crippen LogP contribution in [-0.4, -0.2) is 81.3 Å². The Labute approximate surface area is 188 Å². The van der Waals surface area contributed by atoms with Gasteiger partial charge in [-0.3, -0.25) is 4.79 Å². The monoisotopic (exact) mass is 482 g/mol. The van der Waals surface area contributed by atoms with Crippen LogP contribution in [0.4, 0.5) is 0 Å². The predicted octanol–water partition coefficient (Wildman–Crippen LogP) is 0.891. The van der Waals surface area contributed by atoms with E-state index in [0.29, 0.717) is 5.92 Å². The molecule has 2 heterocycles. The topological polar surface area (TPSA) is 111 Å². The third-order valence-corrected chi connectivity index (χ3v) is 6.53. The van der Waals surface area contributed by atoms with Gasteiger partial charge in [0.25, 0.3) is 0 Å². The van der Waals surface area contributed by atoms with Crippen molar-refractivity contribution in [3.63, 3.8) is 0 Å². The first-order chi connectivity index (χ1) is 12.3. The first-order valence-corrected chi connectivity index (χ1v) is 10.9. The average molecular weight is 484 g/mol. The molecule has 0 bridgehead atoms. The van der Waals surface area contributed by atoms with Crippen LogP contribution in [0.25, 0.3) is 0 Å². The Kier molecular flexibility index (Phi) is 13.2. The Morgan fingerprint density at radius 2 is 1.93 bits per heavy atom. The van der Waals surface area contributed by atoms with E-state index in [2.05, 4.69) is 17.6 Å². The van der Waals surface area contributed by atoms with Crippen molar-refractivity contribution < 1.29 is 24.9 Å². The van der Waals surface area contributed by atoms with E-state index in [-0.39, 0.29) is 36.8 Å². The number of nitrogens with one attached hydrogen (secondary N) is 2. The lowest BCUT2D eigenvalue weighted by atomic mass is 9.89. The van der Waals surface area contributed by atoms with E-state index >= 15 is 0 Å². The highest BCUT2D eigenvalue weighted by Gasteiger charge is 2.48. The Hall–Kier alpha value is 0.490. The summed E-state index contributed by atoms with van der Waals surface area (Å²) in [6.45, 7) is 4.62. The number of hydrogen-bond acceptors (Lipinski definition) is 7. The molecule has 0 saturated carbocycles. The third-order valence-electron chi connectivity index (χ3n) is 5.40. The van der Waals surface area contributed by atoms with Crippen LogP contribution in [0.2, 0.25) is 0 Å². The summed E-state index contributed by atoms with van der Waals surface area (Å²) in [5.41, 5.74) is -0.703. The van der Waals surface area contributed by atoms with Crippen LogP contribution < -0.4 is 10.6 Å². The van der Waals surface area contributed by atoms with Crippen molar-refractivity contribution in [2.45, 2.75) is 80.4 Å². The molecular weight excluding hydrogens is 451 g/mol. The smallest absolute Gasteiger partial charge is 0.237 e. The SMILES string of the molecule is CC[C@@H]1CCN[C@H](C(=O)N[C@@H]([C@H]2O[C@H](SC)[C@H](O)[C@@H](O)[C@H]2O)[C@H](C)Cl)C1.Cl.Cl. The molecule has 0 spiro atoms. The zero-order valence-electron chi connectivity index (χ0n) is 16.3. The molecule has 1 amide bonds. The molecule has 168 valence electrons. The van der Waals surface area contributed by atoms with Crippen LogP contribution in [0.15, 0.2) is 0 Å². The average Bonchev–Trinajstić information content (AvgIpc) is 2.64. The highest BCUT2D eigenvalue weighted by molar-refractivity contribution is 7.99. The molecule has 0 aromatic carbocycles. The molecule has 9 atom stereocenters. The number of rotatable bonds is 6. The standard InChI is InChI=1S/C17H31ClN2O5S.2ClH/c1-4-9-5-6-19-10(7-9)16(24)20-11(8(2)18)15-13(22)12(21)14(23)17(25-15)26-3;;/h8-15,17,19,21-23H,4-7H2,1-3H3,(H,20,24);2*1H/t8-,9+,10-,11+,12-,13+,14+,15+,17+;;/m0../s1. The molecule has 5 N–H and O–H groups in total. The lowest BCUT2D eigenvalue weighted by Gasteiger charge is -2.44. The molecule has 2 saturated heterocycles. The van der Waals surface area contributed by atoms with Gasteiger partial charge in [-0.2, -0.15) is 0 Å². The van der Waals surface area contributed by atoms with Crippen LogP contribution in [0, 0.1) is 5.92 Å². The lowest BCUT2D eigenvalue weighted by molar-refractivity contribution is -0.205. The van der Waals surface area contributed by atoms with E-state index in [1.54, 1.807) is 13.2 Å². The van der Waals surface area contributed by atoms with E-state index in [1.807, 2.05) is 0 Å². The second-order valence-corrected chi connectivity index (χ2v) is 8.82. The summed E-state index contributed by atoms with van der Waals surface area (Å²) < 4.78 is 5.77. The summed E-state index contributed by atoms with van der Waals surface area (Å²) in [5, 5.41) is 36.1. The molecule has 2 aliphatic heterocycles. The van der Waals surface area contributed by atoms with Gasteiger partial charge in [0.15, 0.2) is 0 Å². The number of piperidine rings is 1. The summed E-state index contributed by atoms with van der Waals surface area (Å²) in [7, 11) is 0. The van der Waals surface area contributed by atoms with Gasteiger partial charge < -0.3 is 30.7 Å². The van der Waals surface area contributed by atoms with Gasteiger partial charge in [-0.1, -0.05) is 13.3 Å². The molecule has 2 fully saturated rings. The van der Waals surface area contributed by atoms with E-state index in [9.17, 15) is 20.1 Å². The molecule has 0 aliphatic carbocycles. The van der Waals surface area contributed by atoms with Crippen molar-refractivity contribution in [1.29, 1.82) is 0 Å². The van der Waals surface area contributed by atoms with Crippen LogP contribution >= 0.6 is 48.2 Å². The number of hydrogen-bond donors (Lipinski definition) is 5. The van der Waals surface area contributed by atoms with Crippen molar-refractivity contribution in [2.24, 2.45) is 5.92 Å². The van der Waals surface area contributed by atoms with E-state index in [0.717, 1.165) is 25.8 Å². The molecule has 2 aliphatic rings. The molecule has 0 radical (unpaired) electrons. The minimum atomic E-state index is -1.36. The summed E-state index contributed by atoms with van der Waals surface area (Å²) in [5.74, 6) is 0.325. The van der Waals surface area contributed by atoms with Crippen LogP contribution in [0.3, 0.4) is 0 Å². The molecule has 2 rings (SSSR count). The Balaban J connectivity index is 0.00000364. The van der Waals surface area contributed by atoms with E-state index in [1.165, 1.54) is 11.8 Å². The zero-order chi connectivity index (χ0) is 19.4. The van der Waals surface area contributed by atoms with Gasteiger partial charge in [-0.25, -0.2) is 0 Å². The molecule has 0 aromatic heterocycles. The first-order valence-electron chi connectivity index (χ1n) is 9.20. The van der Waals surface area contributed by atoms with Crippen molar-refractivity contribution in [3.05, 3.63) is 0 Å². The van der Waals surface area contributed by atoms with Crippen molar-refractivity contribution in [2.75, 3.05) is 12.8 Å². The minimum absolute atomic E-state index is 0. The Morgan fingerprint density at radius 3 is 2.46 bits per heavy atom. The number of halogens is 3. The van der Waals surface area contributed by atoms with Crippen molar-refractivity contribution in [1.82, 2.24) is 10.6 Å². The number of alkyl halides is 1. The van der Waals surface area contributed by atoms with Crippen LogP contribution in [0.5, 0.6) is 0 Å². The lowest BCUT2D eigenvalue weighted by Crippen LogP contribution is -2.65. The van der Waals surface area contributed by atoms with Gasteiger partial charge in [0, 0.05) is 0 Å². The van der Waals surface area contributed by atoms with Crippen molar-refractivity contribution in [3.8, 4) is 0 Å². The van der Waals surface area contributed by atoms with Crippen LogP contribution in [-0.2, 0) is 9.53 Å². The Morgan fingerprint density at radius 1 is 1.29 bits per heavy atom. The molecular formula is C17H33Cl3N2O5S. The molecule has 0 unspecified atom stereocenters. The maximum absolute atomic E-state index is 12.7. The number of amides is 1. The fourth-order valence-electron chi connectivity index (χ4n) is 3.66. The fourth-order valence-corrected chi connectivity index (χ4v) is 4.54. The molecule has 0 aromatic rings. The summed E-state index contributed by atoms with van der Waals surface area (Å²) in [4.78, 5) is 12.7. The number of aliphatic hydroxyl groups excluding tert-OH is 3. The minimum Gasteiger partial charge on any atom is -0.388 e. The zero-order valence-corrected chi connectivity index (χ0v) is 19.5. The number of carbonyl (C=O) groups excluding carboxylic acids is 1. The first kappa shape index (κ1) is 28.5. The Bertz CT molecular complexity index is 478.